The predicted octanol–water partition coefficient (Wildman–Crippen LogP) is 2.68. The number of hydrogen-bond donors (Lipinski definition) is 1. The van der Waals surface area contributed by atoms with Gasteiger partial charge in [-0.05, 0) is 45.0 Å². The summed E-state index contributed by atoms with van der Waals surface area (Å²) in [4.78, 5) is 14.6. The second kappa shape index (κ2) is 7.82. The summed E-state index contributed by atoms with van der Waals surface area (Å²) in [6, 6.07) is 3.52. The van der Waals surface area contributed by atoms with E-state index in [0.29, 0.717) is 10.9 Å². The number of carbonyl (C=O) groups is 1. The molecule has 0 saturated carbocycles. The van der Waals surface area contributed by atoms with Crippen LogP contribution in [0.2, 0.25) is 4.34 Å². The van der Waals surface area contributed by atoms with Gasteiger partial charge in [0.05, 0.1) is 15.8 Å². The van der Waals surface area contributed by atoms with Crippen molar-refractivity contribution in [3.05, 3.63) is 21.3 Å². The largest absolute Gasteiger partial charge is 0.396 e. The average Bonchev–Trinajstić information content (AvgIpc) is 2.71. The number of unbranched alkanes of at least 4 members (excludes halogenated alkanes) is 2. The molecule has 0 bridgehead atoms. The zero-order valence-electron chi connectivity index (χ0n) is 9.99. The Kier molecular flexibility index (Phi) is 6.73. The van der Waals surface area contributed by atoms with Crippen molar-refractivity contribution >= 4 is 28.7 Å². The Morgan fingerprint density at radius 2 is 2.18 bits per heavy atom. The van der Waals surface area contributed by atoms with Gasteiger partial charge >= 0.3 is 0 Å². The summed E-state index contributed by atoms with van der Waals surface area (Å²) < 4.78 is 0.652. The lowest BCUT2D eigenvalue weighted by Crippen LogP contribution is -2.26. The molecule has 1 heterocycles. The first-order valence-electron chi connectivity index (χ1n) is 5.71. The molecule has 96 valence electrons. The van der Waals surface area contributed by atoms with Gasteiger partial charge in [0.2, 0.25) is 0 Å². The molecule has 17 heavy (non-hydrogen) atoms. The molecule has 1 N–H and O–H groups in total. The van der Waals surface area contributed by atoms with Crippen LogP contribution in [0.3, 0.4) is 0 Å². The fraction of sp³-hybridized carbons (Fsp3) is 0.583. The summed E-state index contributed by atoms with van der Waals surface area (Å²) in [5.74, 6) is 0.117. The van der Waals surface area contributed by atoms with Gasteiger partial charge in [0.1, 0.15) is 0 Å². The Morgan fingerprint density at radius 3 is 2.76 bits per heavy atom. The molecule has 0 fully saturated rings. The maximum atomic E-state index is 11.8. The number of hydrogen-bond acceptors (Lipinski definition) is 4. The van der Waals surface area contributed by atoms with E-state index in [9.17, 15) is 4.79 Å². The number of ketones is 1. The van der Waals surface area contributed by atoms with E-state index >= 15 is 0 Å². The number of likely N-dealkylation sites (N-methyl/N-ethyl adjacent to an activating group) is 1. The van der Waals surface area contributed by atoms with Crippen LogP contribution in [0.4, 0.5) is 0 Å². The van der Waals surface area contributed by atoms with Gasteiger partial charge in [-0.15, -0.1) is 11.3 Å². The molecule has 0 radical (unpaired) electrons. The van der Waals surface area contributed by atoms with Crippen LogP contribution in [0.5, 0.6) is 0 Å². The number of aliphatic hydroxyl groups is 1. The molecule has 0 saturated heterocycles. The fourth-order valence-corrected chi connectivity index (χ4v) is 2.51. The Hall–Kier alpha value is -0.420. The van der Waals surface area contributed by atoms with Gasteiger partial charge in [0.25, 0.3) is 0 Å². The van der Waals surface area contributed by atoms with Gasteiger partial charge in [-0.3, -0.25) is 9.69 Å². The zero-order valence-corrected chi connectivity index (χ0v) is 11.6. The molecular formula is C12H18ClNO2S. The first-order chi connectivity index (χ1) is 8.13. The van der Waals surface area contributed by atoms with Crippen molar-refractivity contribution in [1.82, 2.24) is 4.90 Å². The standard InChI is InChI=1S/C12H18ClNO2S/c1-14(7-3-2-4-8-15)9-10(16)11-5-6-12(13)17-11/h5-6,15H,2-4,7-9H2,1H3. The zero-order chi connectivity index (χ0) is 12.7. The number of Topliss-reactive ketones (excluding diaryl/α,β-unsaturated/α-hetero) is 1. The van der Waals surface area contributed by atoms with E-state index in [1.54, 1.807) is 12.1 Å². The molecule has 0 aliphatic carbocycles. The molecule has 0 unspecified atom stereocenters. The maximum Gasteiger partial charge on any atom is 0.186 e. The van der Waals surface area contributed by atoms with Crippen molar-refractivity contribution in [2.24, 2.45) is 0 Å². The van der Waals surface area contributed by atoms with Crippen LogP contribution in [-0.4, -0.2) is 42.5 Å². The van der Waals surface area contributed by atoms with Crippen molar-refractivity contribution in [1.29, 1.82) is 0 Å². The Morgan fingerprint density at radius 1 is 1.41 bits per heavy atom. The Bertz CT molecular complexity index is 354. The van der Waals surface area contributed by atoms with Crippen molar-refractivity contribution in [2.75, 3.05) is 26.7 Å². The van der Waals surface area contributed by atoms with E-state index in [4.69, 9.17) is 16.7 Å². The van der Waals surface area contributed by atoms with Crippen molar-refractivity contribution in [3.8, 4) is 0 Å². The smallest absolute Gasteiger partial charge is 0.186 e. The lowest BCUT2D eigenvalue weighted by molar-refractivity contribution is 0.0949. The number of halogens is 1. The molecule has 0 amide bonds. The minimum atomic E-state index is 0.117. The van der Waals surface area contributed by atoms with Crippen LogP contribution >= 0.6 is 22.9 Å². The molecule has 0 spiro atoms. The van der Waals surface area contributed by atoms with Crippen molar-refractivity contribution in [3.63, 3.8) is 0 Å². The lowest BCUT2D eigenvalue weighted by atomic mass is 10.2. The van der Waals surface area contributed by atoms with Gasteiger partial charge < -0.3 is 5.11 Å². The molecule has 3 nitrogen and oxygen atoms in total. The summed E-state index contributed by atoms with van der Waals surface area (Å²) in [5, 5.41) is 8.65. The number of thiophene rings is 1. The van der Waals surface area contributed by atoms with E-state index in [-0.39, 0.29) is 12.4 Å². The van der Waals surface area contributed by atoms with E-state index in [2.05, 4.69) is 0 Å². The van der Waals surface area contributed by atoms with Crippen LogP contribution in [-0.2, 0) is 0 Å². The Balaban J connectivity index is 2.26. The number of carbonyl (C=O) groups excluding carboxylic acids is 1. The molecule has 5 heteroatoms. The van der Waals surface area contributed by atoms with Crippen LogP contribution in [0.25, 0.3) is 0 Å². The second-order valence-corrected chi connectivity index (χ2v) is 5.76. The average molecular weight is 276 g/mol. The van der Waals surface area contributed by atoms with Gasteiger partial charge in [-0.1, -0.05) is 11.6 Å². The summed E-state index contributed by atoms with van der Waals surface area (Å²) >= 11 is 7.11. The molecular weight excluding hydrogens is 258 g/mol. The second-order valence-electron chi connectivity index (χ2n) is 4.05. The summed E-state index contributed by atoms with van der Waals surface area (Å²) in [7, 11) is 1.94. The van der Waals surface area contributed by atoms with E-state index < -0.39 is 0 Å². The summed E-state index contributed by atoms with van der Waals surface area (Å²) in [6.45, 7) is 1.55. The summed E-state index contributed by atoms with van der Waals surface area (Å²) in [5.41, 5.74) is 0. The summed E-state index contributed by atoms with van der Waals surface area (Å²) in [6.07, 6.45) is 2.84. The highest BCUT2D eigenvalue weighted by atomic mass is 35.5. The van der Waals surface area contributed by atoms with Crippen LogP contribution in [0.15, 0.2) is 12.1 Å². The number of aliphatic hydroxyl groups excluding tert-OH is 1. The van der Waals surface area contributed by atoms with Crippen molar-refractivity contribution < 1.29 is 9.90 Å². The highest BCUT2D eigenvalue weighted by molar-refractivity contribution is 7.18. The minimum absolute atomic E-state index is 0.117. The van der Waals surface area contributed by atoms with Crippen molar-refractivity contribution in [2.45, 2.75) is 19.3 Å². The molecule has 1 aromatic heterocycles. The number of rotatable bonds is 8. The van der Waals surface area contributed by atoms with Crippen LogP contribution in [0, 0.1) is 0 Å². The topological polar surface area (TPSA) is 40.5 Å². The lowest BCUT2D eigenvalue weighted by Gasteiger charge is -2.14. The number of nitrogens with zero attached hydrogens (tertiary/aromatic N) is 1. The van der Waals surface area contributed by atoms with Crippen LogP contribution in [0.1, 0.15) is 28.9 Å². The SMILES string of the molecule is CN(CCCCCO)CC(=O)c1ccc(Cl)s1. The third-order valence-corrected chi connectivity index (χ3v) is 3.73. The highest BCUT2D eigenvalue weighted by Crippen LogP contribution is 2.21. The Labute approximate surface area is 111 Å². The first kappa shape index (κ1) is 14.6. The van der Waals surface area contributed by atoms with Crippen LogP contribution < -0.4 is 0 Å². The molecule has 1 aromatic rings. The normalized spacial score (nSPS) is 11.1. The van der Waals surface area contributed by atoms with Gasteiger partial charge in [-0.2, -0.15) is 0 Å². The quantitative estimate of drug-likeness (QED) is 0.586. The van der Waals surface area contributed by atoms with Gasteiger partial charge in [0, 0.05) is 6.61 Å². The molecule has 0 aromatic carbocycles. The molecule has 0 atom stereocenters. The first-order valence-corrected chi connectivity index (χ1v) is 6.91. The monoisotopic (exact) mass is 275 g/mol. The minimum Gasteiger partial charge on any atom is -0.396 e. The van der Waals surface area contributed by atoms with E-state index in [1.165, 1.54) is 11.3 Å². The highest BCUT2D eigenvalue weighted by Gasteiger charge is 2.11. The molecule has 0 aliphatic rings. The van der Waals surface area contributed by atoms with E-state index in [1.807, 2.05) is 11.9 Å². The van der Waals surface area contributed by atoms with Gasteiger partial charge in [-0.25, -0.2) is 0 Å². The third-order valence-electron chi connectivity index (χ3n) is 2.46. The van der Waals surface area contributed by atoms with E-state index in [0.717, 1.165) is 30.7 Å². The fourth-order valence-electron chi connectivity index (χ4n) is 1.54. The maximum absolute atomic E-state index is 11.8. The third kappa shape index (κ3) is 5.64. The predicted molar refractivity (Wildman–Crippen MR) is 72.1 cm³/mol. The van der Waals surface area contributed by atoms with Gasteiger partial charge in [0.15, 0.2) is 5.78 Å². The molecule has 0 aliphatic heterocycles. The molecule has 1 rings (SSSR count).